The highest BCUT2D eigenvalue weighted by atomic mass is 32.2. The summed E-state index contributed by atoms with van der Waals surface area (Å²) in [5.74, 6) is -1.61. The van der Waals surface area contributed by atoms with Gasteiger partial charge in [-0.2, -0.15) is 4.31 Å². The second-order valence-corrected chi connectivity index (χ2v) is 8.01. The fourth-order valence-corrected chi connectivity index (χ4v) is 4.80. The second-order valence-electron chi connectivity index (χ2n) is 6.12. The topological polar surface area (TPSA) is 87.6 Å². The fourth-order valence-electron chi connectivity index (χ4n) is 3.12. The number of carboxylic acids is 1. The lowest BCUT2D eigenvalue weighted by Gasteiger charge is -2.21. The minimum absolute atomic E-state index is 0.0407. The largest absolute Gasteiger partial charge is 0.478 e. The number of halogens is 1. The molecule has 1 fully saturated rings. The van der Waals surface area contributed by atoms with E-state index in [-0.39, 0.29) is 34.8 Å². The van der Waals surface area contributed by atoms with Crippen molar-refractivity contribution in [3.63, 3.8) is 0 Å². The van der Waals surface area contributed by atoms with Gasteiger partial charge in [0, 0.05) is 25.0 Å². The number of carbonyl (C=O) groups is 1. The Bertz CT molecular complexity index is 899. The van der Waals surface area contributed by atoms with Crippen molar-refractivity contribution in [2.45, 2.75) is 30.2 Å². The number of rotatable bonds is 4. The number of carboxylic acid groups (broad SMARTS) is 1. The second kappa shape index (κ2) is 6.53. The standard InChI is InChI=1S/C17H17FN2O4S/c1-11-6-14(12-2-4-15(18)5-3-12)10-20(11)25(23,24)16-7-13(17(21)22)8-19-9-16/h2-5,7-9,11,14H,6,10H2,1H3,(H,21,22). The summed E-state index contributed by atoms with van der Waals surface area (Å²) in [4.78, 5) is 14.6. The summed E-state index contributed by atoms with van der Waals surface area (Å²) in [5.41, 5.74) is 0.700. The molecule has 1 N–H and O–H groups in total. The van der Waals surface area contributed by atoms with Crippen LogP contribution in [0, 0.1) is 5.82 Å². The SMILES string of the molecule is CC1CC(c2ccc(F)cc2)CN1S(=O)(=O)c1cncc(C(=O)O)c1. The molecule has 8 heteroatoms. The molecule has 132 valence electrons. The first kappa shape index (κ1) is 17.5. The van der Waals surface area contributed by atoms with Gasteiger partial charge in [-0.25, -0.2) is 17.6 Å². The number of sulfonamides is 1. The van der Waals surface area contributed by atoms with Gasteiger partial charge in [-0.3, -0.25) is 4.98 Å². The Morgan fingerprint density at radius 2 is 1.96 bits per heavy atom. The molecule has 1 aliphatic heterocycles. The molecule has 0 bridgehead atoms. The highest BCUT2D eigenvalue weighted by molar-refractivity contribution is 7.89. The van der Waals surface area contributed by atoms with E-state index in [4.69, 9.17) is 5.11 Å². The van der Waals surface area contributed by atoms with Crippen molar-refractivity contribution < 1.29 is 22.7 Å². The number of hydrogen-bond acceptors (Lipinski definition) is 4. The number of pyridine rings is 1. The average molecular weight is 364 g/mol. The van der Waals surface area contributed by atoms with Crippen LogP contribution in [0.5, 0.6) is 0 Å². The van der Waals surface area contributed by atoms with E-state index in [0.717, 1.165) is 24.0 Å². The van der Waals surface area contributed by atoms with Crippen LogP contribution in [-0.4, -0.2) is 41.4 Å². The van der Waals surface area contributed by atoms with Crippen molar-refractivity contribution in [2.24, 2.45) is 0 Å². The molecule has 1 aromatic carbocycles. The Balaban J connectivity index is 1.89. The molecule has 25 heavy (non-hydrogen) atoms. The van der Waals surface area contributed by atoms with Crippen LogP contribution in [0.1, 0.15) is 35.2 Å². The first-order valence-electron chi connectivity index (χ1n) is 7.74. The maximum Gasteiger partial charge on any atom is 0.337 e. The van der Waals surface area contributed by atoms with E-state index in [0.29, 0.717) is 6.42 Å². The Hall–Kier alpha value is -2.32. The van der Waals surface area contributed by atoms with Gasteiger partial charge in [0.05, 0.1) is 5.56 Å². The van der Waals surface area contributed by atoms with Crippen LogP contribution < -0.4 is 0 Å². The molecule has 0 spiro atoms. The molecule has 2 atom stereocenters. The summed E-state index contributed by atoms with van der Waals surface area (Å²) < 4.78 is 40.2. The summed E-state index contributed by atoms with van der Waals surface area (Å²) in [5, 5.41) is 9.03. The Morgan fingerprint density at radius 1 is 1.28 bits per heavy atom. The number of benzene rings is 1. The van der Waals surface area contributed by atoms with Gasteiger partial charge in [0.15, 0.2) is 0 Å². The van der Waals surface area contributed by atoms with Gasteiger partial charge < -0.3 is 5.11 Å². The summed E-state index contributed by atoms with van der Waals surface area (Å²) >= 11 is 0. The summed E-state index contributed by atoms with van der Waals surface area (Å²) in [6, 6.07) is 6.90. The van der Waals surface area contributed by atoms with Crippen molar-refractivity contribution in [3.8, 4) is 0 Å². The Morgan fingerprint density at radius 3 is 2.60 bits per heavy atom. The van der Waals surface area contributed by atoms with E-state index < -0.39 is 16.0 Å². The molecular formula is C17H17FN2O4S. The van der Waals surface area contributed by atoms with Crippen molar-refractivity contribution in [1.29, 1.82) is 0 Å². The van der Waals surface area contributed by atoms with Crippen molar-refractivity contribution >= 4 is 16.0 Å². The van der Waals surface area contributed by atoms with Gasteiger partial charge in [0.1, 0.15) is 10.7 Å². The molecule has 1 saturated heterocycles. The van der Waals surface area contributed by atoms with Crippen molar-refractivity contribution in [3.05, 3.63) is 59.7 Å². The van der Waals surface area contributed by atoms with Gasteiger partial charge >= 0.3 is 5.97 Å². The van der Waals surface area contributed by atoms with E-state index >= 15 is 0 Å². The Kier molecular flexibility index (Phi) is 4.57. The molecule has 1 aromatic heterocycles. The van der Waals surface area contributed by atoms with Crippen LogP contribution >= 0.6 is 0 Å². The zero-order valence-electron chi connectivity index (χ0n) is 13.5. The Labute approximate surface area is 145 Å². The predicted octanol–water partition coefficient (Wildman–Crippen LogP) is 2.49. The maximum absolute atomic E-state index is 13.1. The molecule has 2 unspecified atom stereocenters. The van der Waals surface area contributed by atoms with Gasteiger partial charge in [-0.1, -0.05) is 12.1 Å². The number of aromatic nitrogens is 1. The first-order chi connectivity index (χ1) is 11.8. The zero-order chi connectivity index (χ0) is 18.2. The van der Waals surface area contributed by atoms with Crippen LogP contribution in [-0.2, 0) is 10.0 Å². The van der Waals surface area contributed by atoms with Gasteiger partial charge in [0.25, 0.3) is 0 Å². The smallest absolute Gasteiger partial charge is 0.337 e. The zero-order valence-corrected chi connectivity index (χ0v) is 14.3. The maximum atomic E-state index is 13.1. The van der Waals surface area contributed by atoms with E-state index in [1.807, 2.05) is 0 Å². The summed E-state index contributed by atoms with van der Waals surface area (Å²) in [7, 11) is -3.86. The van der Waals surface area contributed by atoms with E-state index in [2.05, 4.69) is 4.98 Å². The average Bonchev–Trinajstić information content (AvgIpc) is 2.98. The summed E-state index contributed by atoms with van der Waals surface area (Å²) in [6.45, 7) is 2.06. The summed E-state index contributed by atoms with van der Waals surface area (Å²) in [6.07, 6.45) is 2.87. The van der Waals surface area contributed by atoms with Crippen LogP contribution in [0.25, 0.3) is 0 Å². The van der Waals surface area contributed by atoms with Crippen LogP contribution in [0.3, 0.4) is 0 Å². The number of hydrogen-bond donors (Lipinski definition) is 1. The molecule has 2 heterocycles. The number of nitrogens with zero attached hydrogens (tertiary/aromatic N) is 2. The first-order valence-corrected chi connectivity index (χ1v) is 9.18. The van der Waals surface area contributed by atoms with E-state index in [1.165, 1.54) is 16.4 Å². The lowest BCUT2D eigenvalue weighted by Crippen LogP contribution is -2.34. The quantitative estimate of drug-likeness (QED) is 0.901. The van der Waals surface area contributed by atoms with Crippen LogP contribution in [0.2, 0.25) is 0 Å². The predicted molar refractivity (Wildman–Crippen MR) is 88.3 cm³/mol. The van der Waals surface area contributed by atoms with E-state index in [1.54, 1.807) is 19.1 Å². The van der Waals surface area contributed by atoms with Gasteiger partial charge in [-0.15, -0.1) is 0 Å². The molecule has 0 radical (unpaired) electrons. The lowest BCUT2D eigenvalue weighted by atomic mass is 9.97. The normalized spacial score (nSPS) is 21.4. The minimum atomic E-state index is -3.86. The molecule has 1 aliphatic rings. The lowest BCUT2D eigenvalue weighted by molar-refractivity contribution is 0.0696. The van der Waals surface area contributed by atoms with Crippen molar-refractivity contribution in [1.82, 2.24) is 9.29 Å². The van der Waals surface area contributed by atoms with E-state index in [9.17, 15) is 17.6 Å². The van der Waals surface area contributed by atoms with Gasteiger partial charge in [-0.05, 0) is 43.0 Å². The highest BCUT2D eigenvalue weighted by Gasteiger charge is 2.38. The van der Waals surface area contributed by atoms with Crippen LogP contribution in [0.15, 0.2) is 47.6 Å². The van der Waals surface area contributed by atoms with Gasteiger partial charge in [0.2, 0.25) is 10.0 Å². The van der Waals surface area contributed by atoms with Crippen molar-refractivity contribution in [2.75, 3.05) is 6.54 Å². The molecule has 6 nitrogen and oxygen atoms in total. The molecular weight excluding hydrogens is 347 g/mol. The minimum Gasteiger partial charge on any atom is -0.478 e. The third-order valence-electron chi connectivity index (χ3n) is 4.43. The molecule has 0 aliphatic carbocycles. The molecule has 3 rings (SSSR count). The molecule has 0 amide bonds. The third-order valence-corrected chi connectivity index (χ3v) is 6.37. The molecule has 0 saturated carbocycles. The monoisotopic (exact) mass is 364 g/mol. The highest BCUT2D eigenvalue weighted by Crippen LogP contribution is 2.35. The number of aromatic carboxylic acids is 1. The van der Waals surface area contributed by atoms with Crippen LogP contribution in [0.4, 0.5) is 4.39 Å². The third kappa shape index (κ3) is 3.40. The molecule has 2 aromatic rings. The fraction of sp³-hybridized carbons (Fsp3) is 0.294.